The maximum absolute atomic E-state index is 14.3. The van der Waals surface area contributed by atoms with E-state index in [0.717, 1.165) is 0 Å². The summed E-state index contributed by atoms with van der Waals surface area (Å²) >= 11 is 0. The van der Waals surface area contributed by atoms with Crippen molar-refractivity contribution in [2.45, 2.75) is 6.54 Å². The number of nitrogens with two attached hydrogens (primary N) is 2. The smallest absolute Gasteiger partial charge is 0.413 e. The van der Waals surface area contributed by atoms with Gasteiger partial charge in [-0.2, -0.15) is 5.10 Å². The van der Waals surface area contributed by atoms with E-state index in [1.165, 1.54) is 16.9 Å². The first-order valence-corrected chi connectivity index (χ1v) is 8.78. The number of amides is 1. The largest absolute Gasteiger partial charge is 0.452 e. The average molecular weight is 429 g/mol. The lowest BCUT2D eigenvalue weighted by molar-refractivity contribution is 0.180. The summed E-state index contributed by atoms with van der Waals surface area (Å²) in [5.41, 5.74) is 12.2. The third-order valence-electron chi connectivity index (χ3n) is 4.43. The molecule has 11 heteroatoms. The van der Waals surface area contributed by atoms with Gasteiger partial charge in [0.05, 0.1) is 23.1 Å². The zero-order chi connectivity index (χ0) is 27.1. The molecule has 0 aliphatic heterocycles. The zero-order valence-corrected chi connectivity index (χ0v) is 15.8. The van der Waals surface area contributed by atoms with Crippen molar-refractivity contribution < 1.29 is 22.1 Å². The number of anilines is 3. The molecular formula is C20H19FN8O2. The van der Waals surface area contributed by atoms with E-state index >= 15 is 0 Å². The monoisotopic (exact) mass is 429 g/mol. The first-order chi connectivity index (χ1) is 17.3. The van der Waals surface area contributed by atoms with Crippen LogP contribution in [-0.4, -0.2) is 44.8 Å². The second-order valence-electron chi connectivity index (χ2n) is 6.34. The van der Waals surface area contributed by atoms with Crippen LogP contribution in [-0.2, 0) is 11.3 Å². The molecule has 0 radical (unpaired) electrons. The number of hydrogen-bond donors (Lipinski definition) is 2. The molecule has 3 aromatic heterocycles. The van der Waals surface area contributed by atoms with Crippen molar-refractivity contribution >= 4 is 34.4 Å². The van der Waals surface area contributed by atoms with E-state index in [9.17, 15) is 9.18 Å². The number of fused-ring (bicyclic) bond motifs is 1. The van der Waals surface area contributed by atoms with Gasteiger partial charge in [0.15, 0.2) is 23.1 Å². The van der Waals surface area contributed by atoms with Crippen molar-refractivity contribution in [3.63, 3.8) is 0 Å². The second-order valence-corrected chi connectivity index (χ2v) is 6.34. The van der Waals surface area contributed by atoms with Crippen LogP contribution in [0.5, 0.6) is 0 Å². The van der Waals surface area contributed by atoms with Crippen LogP contribution in [0.1, 0.15) is 13.8 Å². The summed E-state index contributed by atoms with van der Waals surface area (Å²) < 4.78 is 64.2. The lowest BCUT2D eigenvalue weighted by Gasteiger charge is -2.18. The van der Waals surface area contributed by atoms with Crippen molar-refractivity contribution in [1.82, 2.24) is 24.7 Å². The maximum Gasteiger partial charge on any atom is 0.413 e. The van der Waals surface area contributed by atoms with Gasteiger partial charge >= 0.3 is 6.09 Å². The molecule has 1 aromatic carbocycles. The van der Waals surface area contributed by atoms with Gasteiger partial charge in [0.25, 0.3) is 0 Å². The van der Waals surface area contributed by atoms with Gasteiger partial charge in [-0.05, 0) is 18.2 Å². The number of pyridine rings is 1. The summed E-state index contributed by atoms with van der Waals surface area (Å²) in [5, 5.41) is 4.90. The zero-order valence-electron chi connectivity index (χ0n) is 21.8. The Kier molecular flexibility index (Phi) is 3.51. The minimum Gasteiger partial charge on any atom is -0.452 e. The van der Waals surface area contributed by atoms with E-state index in [4.69, 9.17) is 19.7 Å². The van der Waals surface area contributed by atoms with Crippen LogP contribution in [0.2, 0.25) is 0 Å². The average Bonchev–Trinajstić information content (AvgIpc) is 3.14. The molecule has 4 N–H and O–H groups in total. The topological polar surface area (TPSA) is 138 Å². The number of ether oxygens (including phenoxy) is 1. The summed E-state index contributed by atoms with van der Waals surface area (Å²) in [4.78, 5) is 24.8. The lowest BCUT2D eigenvalue weighted by atomic mass is 10.2. The minimum atomic E-state index is -3.24. The Labute approximate surface area is 184 Å². The molecule has 158 valence electrons. The number of hydrogen-bond acceptors (Lipinski definition) is 8. The fourth-order valence-electron chi connectivity index (χ4n) is 3.04. The van der Waals surface area contributed by atoms with Crippen molar-refractivity contribution in [1.29, 1.82) is 0 Å². The van der Waals surface area contributed by atoms with E-state index in [1.807, 2.05) is 0 Å². The molecule has 0 atom stereocenters. The Morgan fingerprint density at radius 1 is 1.23 bits per heavy atom. The molecule has 0 fully saturated rings. The van der Waals surface area contributed by atoms with E-state index in [2.05, 4.69) is 24.8 Å². The summed E-state index contributed by atoms with van der Waals surface area (Å²) in [5.74, 6) is -1.69. The van der Waals surface area contributed by atoms with Crippen molar-refractivity contribution in [3.8, 4) is 11.5 Å². The molecule has 0 aliphatic carbocycles. The number of methoxy groups -OCH3 is 1. The molecule has 4 rings (SSSR count). The first-order valence-electron chi connectivity index (χ1n) is 11.8. The number of halogens is 1. The van der Waals surface area contributed by atoms with Gasteiger partial charge in [-0.15, -0.1) is 0 Å². The predicted octanol–water partition coefficient (Wildman–Crippen LogP) is 2.44. The highest BCUT2D eigenvalue weighted by atomic mass is 19.1. The van der Waals surface area contributed by atoms with E-state index in [-0.39, 0.29) is 23.0 Å². The Morgan fingerprint density at radius 2 is 2.00 bits per heavy atom. The van der Waals surface area contributed by atoms with Crippen LogP contribution in [0.25, 0.3) is 22.6 Å². The highest BCUT2D eigenvalue weighted by molar-refractivity contribution is 5.96. The standard InChI is InChI=1S/C20H19FN8O2/c1-28(20(30)31-2)15-16(22)25-18(26-17(15)23)14-12-7-5-9-24-19(12)29(27-14)10-11-6-3-4-8-13(11)21/h3-9H,10H2,1-2H3,(H4,22,23,25,26)/i1+1D3,2D3. The summed E-state index contributed by atoms with van der Waals surface area (Å²) in [6.45, 7) is -3.22. The summed E-state index contributed by atoms with van der Waals surface area (Å²) in [6.07, 6.45) is -0.234. The molecule has 1 amide bonds. The van der Waals surface area contributed by atoms with Gasteiger partial charge in [-0.1, -0.05) is 18.2 Å². The van der Waals surface area contributed by atoms with Crippen molar-refractivity contribution in [2.75, 3.05) is 30.4 Å². The molecule has 10 nitrogen and oxygen atoms in total. The van der Waals surface area contributed by atoms with E-state index in [0.29, 0.717) is 16.6 Å². The number of rotatable bonds is 4. The van der Waals surface area contributed by atoms with Crippen LogP contribution in [0.15, 0.2) is 42.6 Å². The fraction of sp³-hybridized carbons (Fsp3) is 0.150. The quantitative estimate of drug-likeness (QED) is 0.472. The number of carbonyl (C=O) groups is 1. The fourth-order valence-corrected chi connectivity index (χ4v) is 3.04. The maximum atomic E-state index is 14.3. The second kappa shape index (κ2) is 7.86. The Bertz CT molecular complexity index is 1470. The van der Waals surface area contributed by atoms with Crippen molar-refractivity contribution in [3.05, 3.63) is 54.0 Å². The molecule has 0 saturated heterocycles. The van der Waals surface area contributed by atoms with Gasteiger partial charge in [0, 0.05) is 22.8 Å². The lowest BCUT2D eigenvalue weighted by Crippen LogP contribution is -2.28. The summed E-state index contributed by atoms with van der Waals surface area (Å²) in [7, 11) is -3.23. The Balaban J connectivity index is 1.82. The summed E-state index contributed by atoms with van der Waals surface area (Å²) in [6, 6.07) is 9.43. The molecule has 0 aliphatic rings. The van der Waals surface area contributed by atoms with Gasteiger partial charge in [0.2, 0.25) is 0 Å². The third kappa shape index (κ3) is 3.56. The van der Waals surface area contributed by atoms with Crippen molar-refractivity contribution in [2.24, 2.45) is 0 Å². The van der Waals surface area contributed by atoms with Gasteiger partial charge in [-0.25, -0.2) is 28.8 Å². The molecule has 0 spiro atoms. The number of benzene rings is 1. The highest BCUT2D eigenvalue weighted by Crippen LogP contribution is 2.32. The SMILES string of the molecule is [2H]C([2H])([2H])OC(=O)N(c1c(N)nc(-c2nn(Cc3ccccc3F)c3ncccc23)nc1N)[13C]([2H])([2H])[2H]. The Hall–Kier alpha value is -4.28. The van der Waals surface area contributed by atoms with Crippen LogP contribution in [0.4, 0.5) is 26.5 Å². The number of aromatic nitrogens is 5. The van der Waals surface area contributed by atoms with Gasteiger partial charge in [-0.3, -0.25) is 4.90 Å². The highest BCUT2D eigenvalue weighted by Gasteiger charge is 2.23. The molecule has 3 heterocycles. The van der Waals surface area contributed by atoms with Gasteiger partial charge in [0.1, 0.15) is 17.2 Å². The molecule has 0 unspecified atom stereocenters. The third-order valence-corrected chi connectivity index (χ3v) is 4.43. The minimum absolute atomic E-state index is 0.00966. The molecule has 0 saturated carbocycles. The van der Waals surface area contributed by atoms with Crippen LogP contribution < -0.4 is 16.4 Å². The molecular weight excluding hydrogens is 404 g/mol. The number of carbonyl (C=O) groups excluding carboxylic acids is 1. The van der Waals surface area contributed by atoms with Crippen LogP contribution >= 0.6 is 0 Å². The molecule has 31 heavy (non-hydrogen) atoms. The number of nitrogen functional groups attached to an aromatic ring is 2. The molecule has 4 aromatic rings. The van der Waals surface area contributed by atoms with E-state index in [1.54, 1.807) is 30.3 Å². The normalized spacial score (nSPS) is 14.6. The first kappa shape index (κ1) is 13.9. The molecule has 0 bridgehead atoms. The van der Waals surface area contributed by atoms with Crippen LogP contribution in [0.3, 0.4) is 0 Å². The Morgan fingerprint density at radius 3 is 2.71 bits per heavy atom. The van der Waals surface area contributed by atoms with E-state index < -0.39 is 43.2 Å². The van der Waals surface area contributed by atoms with Crippen LogP contribution in [0, 0.1) is 5.82 Å². The predicted molar refractivity (Wildman–Crippen MR) is 114 cm³/mol. The van der Waals surface area contributed by atoms with Gasteiger partial charge < -0.3 is 16.2 Å². The number of nitrogens with zero attached hydrogens (tertiary/aromatic N) is 6.